The van der Waals surface area contributed by atoms with E-state index in [1.165, 1.54) is 0 Å². The van der Waals surface area contributed by atoms with Crippen molar-refractivity contribution < 1.29 is 4.74 Å². The summed E-state index contributed by atoms with van der Waals surface area (Å²) in [6.07, 6.45) is 1.66. The summed E-state index contributed by atoms with van der Waals surface area (Å²) in [5, 5.41) is 10.1. The van der Waals surface area contributed by atoms with Gasteiger partial charge < -0.3 is 15.0 Å². The van der Waals surface area contributed by atoms with Crippen molar-refractivity contribution in [2.24, 2.45) is 12.8 Å². The maximum absolute atomic E-state index is 6.07. The normalized spacial score (nSPS) is 12.5. The number of fused-ring (bicyclic) bond motifs is 1. The second-order valence-electron chi connectivity index (χ2n) is 5.14. The Kier molecular flexibility index (Phi) is 3.58. The topological polar surface area (TPSA) is 66.0 Å². The summed E-state index contributed by atoms with van der Waals surface area (Å²) in [5.74, 6) is 1.60. The van der Waals surface area contributed by atoms with Crippen LogP contribution in [0.1, 0.15) is 24.4 Å². The quantitative estimate of drug-likeness (QED) is 0.798. The number of nitrogens with zero attached hydrogens (tertiary/aromatic N) is 3. The van der Waals surface area contributed by atoms with Crippen LogP contribution < -0.4 is 10.5 Å². The molecule has 0 saturated carbocycles. The number of aromatic nitrogens is 3. The minimum absolute atomic E-state index is 0.0934. The Morgan fingerprint density at radius 2 is 2.05 bits per heavy atom. The first kappa shape index (κ1) is 13.6. The van der Waals surface area contributed by atoms with Crippen LogP contribution in [0.5, 0.6) is 5.75 Å². The fraction of sp³-hybridized carbons (Fsp3) is 0.250. The highest BCUT2D eigenvalue weighted by Gasteiger charge is 2.13. The Morgan fingerprint density at radius 1 is 1.24 bits per heavy atom. The van der Waals surface area contributed by atoms with Crippen LogP contribution in [-0.4, -0.2) is 14.8 Å². The summed E-state index contributed by atoms with van der Waals surface area (Å²) in [6, 6.07) is 12.1. The number of hydrogen-bond acceptors (Lipinski definition) is 4. The summed E-state index contributed by atoms with van der Waals surface area (Å²) >= 11 is 0. The summed E-state index contributed by atoms with van der Waals surface area (Å²) in [6.45, 7) is 2.32. The highest BCUT2D eigenvalue weighted by atomic mass is 16.5. The van der Waals surface area contributed by atoms with Gasteiger partial charge in [-0.05, 0) is 12.3 Å². The third kappa shape index (κ3) is 2.60. The lowest BCUT2D eigenvalue weighted by Crippen LogP contribution is -2.10. The molecular weight excluding hydrogens is 264 g/mol. The van der Waals surface area contributed by atoms with E-state index in [-0.39, 0.29) is 6.04 Å². The molecule has 0 spiro atoms. The zero-order valence-electron chi connectivity index (χ0n) is 12.2. The molecule has 108 valence electrons. The van der Waals surface area contributed by atoms with E-state index in [9.17, 15) is 0 Å². The van der Waals surface area contributed by atoms with Gasteiger partial charge in [-0.25, -0.2) is 0 Å². The van der Waals surface area contributed by atoms with Gasteiger partial charge in [-0.1, -0.05) is 36.4 Å². The Hall–Kier alpha value is -2.40. The van der Waals surface area contributed by atoms with E-state index in [0.717, 1.165) is 27.9 Å². The Labute approximate surface area is 123 Å². The van der Waals surface area contributed by atoms with Crippen LogP contribution in [0.25, 0.3) is 10.8 Å². The Balaban J connectivity index is 2.02. The standard InChI is InChI=1S/C16H18N4O/c1-11(17)13-8-7-12-5-3-4-6-14(12)16(13)21-9-15-19-18-10-20(15)2/h3-8,10-11H,9,17H2,1-2H3/t11-/m1/s1. The lowest BCUT2D eigenvalue weighted by atomic mass is 10.0. The van der Waals surface area contributed by atoms with Crippen LogP contribution in [0.15, 0.2) is 42.7 Å². The minimum Gasteiger partial charge on any atom is -0.485 e. The Bertz CT molecular complexity index is 764. The molecule has 0 radical (unpaired) electrons. The minimum atomic E-state index is -0.0934. The van der Waals surface area contributed by atoms with Gasteiger partial charge in [0.15, 0.2) is 5.82 Å². The van der Waals surface area contributed by atoms with E-state index in [1.807, 2.05) is 42.8 Å². The maximum Gasteiger partial charge on any atom is 0.170 e. The van der Waals surface area contributed by atoms with E-state index in [2.05, 4.69) is 22.3 Å². The zero-order valence-corrected chi connectivity index (χ0v) is 12.2. The molecule has 1 heterocycles. The molecule has 0 aliphatic rings. The third-order valence-electron chi connectivity index (χ3n) is 3.55. The van der Waals surface area contributed by atoms with E-state index in [1.54, 1.807) is 6.33 Å². The van der Waals surface area contributed by atoms with E-state index in [4.69, 9.17) is 10.5 Å². The number of ether oxygens (including phenoxy) is 1. The zero-order chi connectivity index (χ0) is 14.8. The van der Waals surface area contributed by atoms with Crippen molar-refractivity contribution in [3.8, 4) is 5.75 Å². The SMILES string of the molecule is C[C@@H](N)c1ccc2ccccc2c1OCc1nncn1C. The van der Waals surface area contributed by atoms with E-state index >= 15 is 0 Å². The summed E-state index contributed by atoms with van der Waals surface area (Å²) in [4.78, 5) is 0. The number of nitrogens with two attached hydrogens (primary N) is 1. The first-order chi connectivity index (χ1) is 10.2. The fourth-order valence-electron chi connectivity index (χ4n) is 2.35. The lowest BCUT2D eigenvalue weighted by Gasteiger charge is -2.16. The summed E-state index contributed by atoms with van der Waals surface area (Å²) in [7, 11) is 1.90. The van der Waals surface area contributed by atoms with Gasteiger partial charge in [-0.2, -0.15) is 0 Å². The van der Waals surface area contributed by atoms with Gasteiger partial charge in [-0.15, -0.1) is 10.2 Å². The van der Waals surface area contributed by atoms with Crippen LogP contribution in [0.3, 0.4) is 0 Å². The molecule has 0 unspecified atom stereocenters. The molecule has 2 aromatic carbocycles. The summed E-state index contributed by atoms with van der Waals surface area (Å²) in [5.41, 5.74) is 7.07. The first-order valence-electron chi connectivity index (χ1n) is 6.89. The highest BCUT2D eigenvalue weighted by Crippen LogP contribution is 2.33. The molecule has 21 heavy (non-hydrogen) atoms. The van der Waals surface area contributed by atoms with Crippen molar-refractivity contribution in [1.82, 2.24) is 14.8 Å². The van der Waals surface area contributed by atoms with Crippen molar-refractivity contribution in [2.45, 2.75) is 19.6 Å². The van der Waals surface area contributed by atoms with Crippen LogP contribution in [0, 0.1) is 0 Å². The summed E-state index contributed by atoms with van der Waals surface area (Å²) < 4.78 is 7.88. The monoisotopic (exact) mass is 282 g/mol. The molecule has 3 rings (SSSR count). The van der Waals surface area contributed by atoms with Crippen molar-refractivity contribution >= 4 is 10.8 Å². The molecule has 0 bridgehead atoms. The van der Waals surface area contributed by atoms with Crippen molar-refractivity contribution in [1.29, 1.82) is 0 Å². The van der Waals surface area contributed by atoms with Crippen LogP contribution in [-0.2, 0) is 13.7 Å². The Morgan fingerprint density at radius 3 is 2.76 bits per heavy atom. The molecule has 3 aromatic rings. The van der Waals surface area contributed by atoms with Gasteiger partial charge in [0.2, 0.25) is 0 Å². The van der Waals surface area contributed by atoms with Gasteiger partial charge in [0.1, 0.15) is 18.7 Å². The largest absolute Gasteiger partial charge is 0.485 e. The third-order valence-corrected chi connectivity index (χ3v) is 3.55. The molecule has 0 fully saturated rings. The second kappa shape index (κ2) is 5.54. The smallest absolute Gasteiger partial charge is 0.170 e. The maximum atomic E-state index is 6.07. The van der Waals surface area contributed by atoms with Crippen LogP contribution in [0.4, 0.5) is 0 Å². The van der Waals surface area contributed by atoms with Crippen molar-refractivity contribution in [3.05, 3.63) is 54.1 Å². The fourth-order valence-corrected chi connectivity index (χ4v) is 2.35. The number of aryl methyl sites for hydroxylation is 1. The lowest BCUT2D eigenvalue weighted by molar-refractivity contribution is 0.290. The first-order valence-corrected chi connectivity index (χ1v) is 6.89. The number of hydrogen-bond donors (Lipinski definition) is 1. The molecule has 5 heteroatoms. The van der Waals surface area contributed by atoms with Crippen molar-refractivity contribution in [3.63, 3.8) is 0 Å². The molecule has 1 aromatic heterocycles. The van der Waals surface area contributed by atoms with Crippen LogP contribution in [0.2, 0.25) is 0 Å². The molecular formula is C16H18N4O. The molecule has 1 atom stereocenters. The molecule has 0 saturated heterocycles. The average molecular weight is 282 g/mol. The van der Waals surface area contributed by atoms with E-state index < -0.39 is 0 Å². The van der Waals surface area contributed by atoms with Gasteiger partial charge in [-0.3, -0.25) is 0 Å². The molecule has 2 N–H and O–H groups in total. The highest BCUT2D eigenvalue weighted by molar-refractivity contribution is 5.89. The van der Waals surface area contributed by atoms with Gasteiger partial charge in [0, 0.05) is 24.0 Å². The number of benzene rings is 2. The van der Waals surface area contributed by atoms with Gasteiger partial charge >= 0.3 is 0 Å². The molecule has 0 aliphatic carbocycles. The predicted molar refractivity (Wildman–Crippen MR) is 81.9 cm³/mol. The van der Waals surface area contributed by atoms with E-state index in [0.29, 0.717) is 6.61 Å². The number of rotatable bonds is 4. The average Bonchev–Trinajstić information content (AvgIpc) is 2.89. The molecule has 0 amide bonds. The second-order valence-corrected chi connectivity index (χ2v) is 5.14. The van der Waals surface area contributed by atoms with Crippen LogP contribution >= 0.6 is 0 Å². The van der Waals surface area contributed by atoms with Gasteiger partial charge in [0.25, 0.3) is 0 Å². The predicted octanol–water partition coefficient (Wildman–Crippen LogP) is 2.57. The van der Waals surface area contributed by atoms with Crippen molar-refractivity contribution in [2.75, 3.05) is 0 Å². The molecule has 5 nitrogen and oxygen atoms in total. The molecule has 0 aliphatic heterocycles. The van der Waals surface area contributed by atoms with Gasteiger partial charge in [0.05, 0.1) is 0 Å².